The maximum absolute atomic E-state index is 4.27. The lowest BCUT2D eigenvalue weighted by atomic mass is 10.4. The van der Waals surface area contributed by atoms with Crippen LogP contribution in [0, 0.1) is 13.8 Å². The Bertz CT molecular complexity index is 492. The predicted octanol–water partition coefficient (Wildman–Crippen LogP) is 2.26. The Labute approximate surface area is 108 Å². The largest absolute Gasteiger partial charge is 0.364 e. The van der Waals surface area contributed by atoms with Gasteiger partial charge in [0.2, 0.25) is 0 Å². The lowest BCUT2D eigenvalue weighted by Gasteiger charge is -2.06. The van der Waals surface area contributed by atoms with E-state index in [0.29, 0.717) is 6.54 Å². The maximum atomic E-state index is 4.27. The molecule has 0 aliphatic heterocycles. The minimum absolute atomic E-state index is 0.593. The van der Waals surface area contributed by atoms with Crippen molar-refractivity contribution in [2.45, 2.75) is 20.4 Å². The highest BCUT2D eigenvalue weighted by Crippen LogP contribution is 2.12. The lowest BCUT2D eigenvalue weighted by molar-refractivity contribution is 0.959. The molecular formula is C11H12BrN5. The highest BCUT2D eigenvalue weighted by Gasteiger charge is 2.00. The molecule has 0 saturated carbocycles. The van der Waals surface area contributed by atoms with E-state index < -0.39 is 0 Å². The molecule has 0 aliphatic carbocycles. The number of hydrogen-bond donors (Lipinski definition) is 1. The van der Waals surface area contributed by atoms with Crippen LogP contribution in [0.5, 0.6) is 0 Å². The van der Waals surface area contributed by atoms with Crippen molar-refractivity contribution < 1.29 is 0 Å². The minimum atomic E-state index is 0.593. The number of nitrogens with one attached hydrogen (secondary N) is 1. The summed E-state index contributed by atoms with van der Waals surface area (Å²) >= 11 is 3.33. The van der Waals surface area contributed by atoms with Crippen LogP contribution in [-0.2, 0) is 6.54 Å². The molecule has 5 nitrogen and oxygen atoms in total. The number of anilines is 1. The van der Waals surface area contributed by atoms with Crippen LogP contribution in [0.4, 0.5) is 5.82 Å². The smallest absolute Gasteiger partial charge is 0.131 e. The van der Waals surface area contributed by atoms with Crippen LogP contribution in [0.15, 0.2) is 23.1 Å². The van der Waals surface area contributed by atoms with Crippen LogP contribution in [0.25, 0.3) is 0 Å². The number of aromatic nitrogens is 4. The van der Waals surface area contributed by atoms with Crippen molar-refractivity contribution in [2.75, 3.05) is 5.32 Å². The van der Waals surface area contributed by atoms with Gasteiger partial charge < -0.3 is 5.32 Å². The molecule has 0 spiro atoms. The molecule has 0 amide bonds. The average Bonchev–Trinajstić information content (AvgIpc) is 2.27. The molecule has 0 aliphatic rings. The first-order valence-electron chi connectivity index (χ1n) is 5.16. The van der Waals surface area contributed by atoms with E-state index in [2.05, 4.69) is 41.2 Å². The number of aryl methyl sites for hydroxylation is 2. The van der Waals surface area contributed by atoms with Crippen LogP contribution in [-0.4, -0.2) is 19.9 Å². The fourth-order valence-corrected chi connectivity index (χ4v) is 1.79. The summed E-state index contributed by atoms with van der Waals surface area (Å²) in [5, 5.41) is 3.18. The summed E-state index contributed by atoms with van der Waals surface area (Å²) in [7, 11) is 0. The predicted molar refractivity (Wildman–Crippen MR) is 68.6 cm³/mol. The van der Waals surface area contributed by atoms with Crippen LogP contribution in [0.2, 0.25) is 0 Å². The highest BCUT2D eigenvalue weighted by molar-refractivity contribution is 9.10. The van der Waals surface area contributed by atoms with Gasteiger partial charge >= 0.3 is 0 Å². The van der Waals surface area contributed by atoms with Gasteiger partial charge in [-0.2, -0.15) is 0 Å². The molecule has 0 fully saturated rings. The Morgan fingerprint density at radius 1 is 1.18 bits per heavy atom. The van der Waals surface area contributed by atoms with Crippen molar-refractivity contribution in [3.05, 3.63) is 40.3 Å². The highest BCUT2D eigenvalue weighted by atomic mass is 79.9. The minimum Gasteiger partial charge on any atom is -0.364 e. The summed E-state index contributed by atoms with van der Waals surface area (Å²) in [5.74, 6) is 1.49. The number of halogens is 1. The second-order valence-corrected chi connectivity index (χ2v) is 4.44. The van der Waals surface area contributed by atoms with E-state index in [0.717, 1.165) is 27.6 Å². The zero-order chi connectivity index (χ0) is 12.3. The fraction of sp³-hybridized carbons (Fsp3) is 0.273. The summed E-state index contributed by atoms with van der Waals surface area (Å²) in [6.45, 7) is 4.35. The van der Waals surface area contributed by atoms with Gasteiger partial charge in [-0.3, -0.25) is 9.97 Å². The van der Waals surface area contributed by atoms with Crippen molar-refractivity contribution in [2.24, 2.45) is 0 Å². The van der Waals surface area contributed by atoms with Gasteiger partial charge in [0.25, 0.3) is 0 Å². The molecule has 2 rings (SSSR count). The monoisotopic (exact) mass is 293 g/mol. The first-order valence-corrected chi connectivity index (χ1v) is 5.95. The molecule has 2 aromatic rings. The van der Waals surface area contributed by atoms with E-state index >= 15 is 0 Å². The Morgan fingerprint density at radius 3 is 2.65 bits per heavy atom. The van der Waals surface area contributed by atoms with E-state index in [9.17, 15) is 0 Å². The Morgan fingerprint density at radius 2 is 2.00 bits per heavy atom. The van der Waals surface area contributed by atoms with E-state index in [1.807, 2.05) is 19.9 Å². The second kappa shape index (κ2) is 5.18. The van der Waals surface area contributed by atoms with Crippen molar-refractivity contribution >= 4 is 21.7 Å². The SMILES string of the molecule is Cc1cnc(CNc2cc(Br)nc(C)n2)cn1. The van der Waals surface area contributed by atoms with Crippen LogP contribution in [0.1, 0.15) is 17.2 Å². The summed E-state index contributed by atoms with van der Waals surface area (Å²) in [5.41, 5.74) is 1.79. The van der Waals surface area contributed by atoms with Crippen LogP contribution >= 0.6 is 15.9 Å². The van der Waals surface area contributed by atoms with Gasteiger partial charge in [-0.25, -0.2) is 9.97 Å². The molecule has 0 atom stereocenters. The van der Waals surface area contributed by atoms with E-state index in [4.69, 9.17) is 0 Å². The first-order chi connectivity index (χ1) is 8.13. The molecule has 0 aromatic carbocycles. The van der Waals surface area contributed by atoms with Crippen LogP contribution < -0.4 is 5.32 Å². The number of nitrogens with zero attached hydrogens (tertiary/aromatic N) is 4. The maximum Gasteiger partial charge on any atom is 0.131 e. The second-order valence-electron chi connectivity index (χ2n) is 3.63. The number of hydrogen-bond acceptors (Lipinski definition) is 5. The van der Waals surface area contributed by atoms with Gasteiger partial charge in [-0.15, -0.1) is 0 Å². The van der Waals surface area contributed by atoms with Crippen molar-refractivity contribution in [3.8, 4) is 0 Å². The average molecular weight is 294 g/mol. The van der Waals surface area contributed by atoms with E-state index in [1.165, 1.54) is 0 Å². The van der Waals surface area contributed by atoms with Gasteiger partial charge in [-0.1, -0.05) is 0 Å². The third-order valence-corrected chi connectivity index (χ3v) is 2.50. The van der Waals surface area contributed by atoms with Gasteiger partial charge in [-0.05, 0) is 29.8 Å². The quantitative estimate of drug-likeness (QED) is 0.880. The molecule has 2 aromatic heterocycles. The molecule has 6 heteroatoms. The summed E-state index contributed by atoms with van der Waals surface area (Å²) in [6.07, 6.45) is 3.50. The third kappa shape index (κ3) is 3.45. The van der Waals surface area contributed by atoms with Gasteiger partial charge in [0, 0.05) is 12.3 Å². The van der Waals surface area contributed by atoms with E-state index in [-0.39, 0.29) is 0 Å². The molecule has 1 N–H and O–H groups in total. The van der Waals surface area contributed by atoms with Gasteiger partial charge in [0.05, 0.1) is 24.1 Å². The van der Waals surface area contributed by atoms with Crippen molar-refractivity contribution in [3.63, 3.8) is 0 Å². The molecule has 88 valence electrons. The van der Waals surface area contributed by atoms with Crippen LogP contribution in [0.3, 0.4) is 0 Å². The molecule has 0 bridgehead atoms. The Kier molecular flexibility index (Phi) is 3.63. The molecule has 2 heterocycles. The third-order valence-electron chi connectivity index (χ3n) is 2.09. The van der Waals surface area contributed by atoms with E-state index in [1.54, 1.807) is 12.4 Å². The Hall–Kier alpha value is -1.56. The molecular weight excluding hydrogens is 282 g/mol. The normalized spacial score (nSPS) is 10.3. The van der Waals surface area contributed by atoms with Gasteiger partial charge in [0.15, 0.2) is 0 Å². The molecule has 0 unspecified atom stereocenters. The zero-order valence-electron chi connectivity index (χ0n) is 9.61. The first kappa shape index (κ1) is 11.9. The molecule has 0 radical (unpaired) electrons. The number of rotatable bonds is 3. The topological polar surface area (TPSA) is 63.6 Å². The van der Waals surface area contributed by atoms with Crippen molar-refractivity contribution in [1.82, 2.24) is 19.9 Å². The Balaban J connectivity index is 2.04. The summed E-state index contributed by atoms with van der Waals surface area (Å²) in [4.78, 5) is 16.8. The summed E-state index contributed by atoms with van der Waals surface area (Å²) < 4.78 is 0.766. The molecule has 0 saturated heterocycles. The summed E-state index contributed by atoms with van der Waals surface area (Å²) in [6, 6.07) is 1.83. The zero-order valence-corrected chi connectivity index (χ0v) is 11.2. The van der Waals surface area contributed by atoms with Gasteiger partial charge in [0.1, 0.15) is 16.2 Å². The lowest BCUT2D eigenvalue weighted by Crippen LogP contribution is -2.05. The molecule has 17 heavy (non-hydrogen) atoms. The standard InChI is InChI=1S/C11H12BrN5/c1-7-4-14-9(5-13-7)6-15-11-3-10(12)16-8(2)17-11/h3-5H,6H2,1-2H3,(H,15,16,17). The van der Waals surface area contributed by atoms with Crippen molar-refractivity contribution in [1.29, 1.82) is 0 Å². The fourth-order valence-electron chi connectivity index (χ4n) is 1.31.